The molecule has 1 fully saturated rings. The number of ether oxygens (including phenoxy) is 4. The molecule has 2 aromatic rings. The fourth-order valence-electron chi connectivity index (χ4n) is 2.76. The normalized spacial score (nSPS) is 16.6. The monoisotopic (exact) mass is 357 g/mol. The lowest BCUT2D eigenvalue weighted by Gasteiger charge is -2.23. The maximum Gasteiger partial charge on any atom is 0.259 e. The Labute approximate surface area is 153 Å². The first-order chi connectivity index (χ1) is 12.7. The molecule has 0 radical (unpaired) electrons. The van der Waals surface area contributed by atoms with Gasteiger partial charge in [-0.05, 0) is 49.2 Å². The van der Waals surface area contributed by atoms with E-state index in [4.69, 9.17) is 18.9 Å². The van der Waals surface area contributed by atoms with Gasteiger partial charge >= 0.3 is 0 Å². The molecule has 3 rings (SSSR count). The Balaban J connectivity index is 1.64. The highest BCUT2D eigenvalue weighted by molar-refractivity contribution is 6.06. The Bertz CT molecular complexity index is 738. The van der Waals surface area contributed by atoms with Gasteiger partial charge in [0.25, 0.3) is 5.91 Å². The number of methoxy groups -OCH3 is 2. The van der Waals surface area contributed by atoms with Crippen LogP contribution < -0.4 is 19.5 Å². The smallest absolute Gasteiger partial charge is 0.259 e. The average molecular weight is 357 g/mol. The van der Waals surface area contributed by atoms with Gasteiger partial charge in [0, 0.05) is 18.2 Å². The number of nitrogens with one attached hydrogen (secondary N) is 1. The maximum absolute atomic E-state index is 12.5. The molecule has 2 aromatic carbocycles. The van der Waals surface area contributed by atoms with Crippen molar-refractivity contribution in [3.05, 3.63) is 48.0 Å². The van der Waals surface area contributed by atoms with Crippen molar-refractivity contribution >= 4 is 11.6 Å². The van der Waals surface area contributed by atoms with Gasteiger partial charge in [-0.2, -0.15) is 0 Å². The molecule has 6 heteroatoms. The fraction of sp³-hybridized carbons (Fsp3) is 0.350. The van der Waals surface area contributed by atoms with Crippen molar-refractivity contribution in [1.29, 1.82) is 0 Å². The van der Waals surface area contributed by atoms with Crippen molar-refractivity contribution in [1.82, 2.24) is 0 Å². The van der Waals surface area contributed by atoms with Crippen molar-refractivity contribution in [3.63, 3.8) is 0 Å². The van der Waals surface area contributed by atoms with E-state index in [2.05, 4.69) is 5.32 Å². The van der Waals surface area contributed by atoms with E-state index >= 15 is 0 Å². The molecular weight excluding hydrogens is 334 g/mol. The van der Waals surface area contributed by atoms with Gasteiger partial charge in [0.05, 0.1) is 26.4 Å². The van der Waals surface area contributed by atoms with E-state index in [-0.39, 0.29) is 12.2 Å². The second-order valence-corrected chi connectivity index (χ2v) is 5.96. The van der Waals surface area contributed by atoms with Crippen molar-refractivity contribution in [2.24, 2.45) is 0 Å². The van der Waals surface area contributed by atoms with E-state index < -0.39 is 0 Å². The molecule has 1 aliphatic heterocycles. The summed E-state index contributed by atoms with van der Waals surface area (Å²) < 4.78 is 21.8. The van der Waals surface area contributed by atoms with Crippen molar-refractivity contribution in [3.8, 4) is 17.2 Å². The minimum Gasteiger partial charge on any atom is -0.497 e. The number of hydrogen-bond acceptors (Lipinski definition) is 5. The highest BCUT2D eigenvalue weighted by Crippen LogP contribution is 2.26. The molecule has 0 spiro atoms. The highest BCUT2D eigenvalue weighted by atomic mass is 16.7. The van der Waals surface area contributed by atoms with Crippen LogP contribution in [0.5, 0.6) is 17.2 Å². The Morgan fingerprint density at radius 3 is 2.46 bits per heavy atom. The van der Waals surface area contributed by atoms with Crippen molar-refractivity contribution in [2.45, 2.75) is 25.6 Å². The van der Waals surface area contributed by atoms with Gasteiger partial charge in [-0.1, -0.05) is 0 Å². The van der Waals surface area contributed by atoms with E-state index in [1.165, 1.54) is 7.11 Å². The number of amides is 1. The first kappa shape index (κ1) is 18.1. The van der Waals surface area contributed by atoms with Crippen molar-refractivity contribution < 1.29 is 23.7 Å². The molecular formula is C20H23NO5. The first-order valence-electron chi connectivity index (χ1n) is 8.61. The second kappa shape index (κ2) is 8.58. The molecule has 0 aromatic heterocycles. The van der Waals surface area contributed by atoms with Crippen LogP contribution in [0.4, 0.5) is 5.69 Å². The third kappa shape index (κ3) is 4.46. The number of rotatable bonds is 6. The third-order valence-corrected chi connectivity index (χ3v) is 4.17. The Hall–Kier alpha value is -2.73. The van der Waals surface area contributed by atoms with Gasteiger partial charge in [-0.3, -0.25) is 4.79 Å². The van der Waals surface area contributed by atoms with Crippen LogP contribution in [-0.4, -0.2) is 33.0 Å². The van der Waals surface area contributed by atoms with Crippen molar-refractivity contribution in [2.75, 3.05) is 26.1 Å². The predicted molar refractivity (Wildman–Crippen MR) is 98.2 cm³/mol. The fourth-order valence-corrected chi connectivity index (χ4v) is 2.76. The topological polar surface area (TPSA) is 66.0 Å². The molecule has 1 N–H and O–H groups in total. The van der Waals surface area contributed by atoms with Crippen LogP contribution in [-0.2, 0) is 4.74 Å². The summed E-state index contributed by atoms with van der Waals surface area (Å²) >= 11 is 0. The van der Waals surface area contributed by atoms with E-state index in [1.54, 1.807) is 37.4 Å². The summed E-state index contributed by atoms with van der Waals surface area (Å²) in [5.74, 6) is 1.55. The minimum absolute atomic E-state index is 0.187. The van der Waals surface area contributed by atoms with Gasteiger partial charge in [-0.25, -0.2) is 0 Å². The van der Waals surface area contributed by atoms with Crippen LogP contribution in [0.3, 0.4) is 0 Å². The molecule has 1 atom stereocenters. The zero-order valence-electron chi connectivity index (χ0n) is 15.0. The second-order valence-electron chi connectivity index (χ2n) is 5.96. The summed E-state index contributed by atoms with van der Waals surface area (Å²) in [6.07, 6.45) is 2.91. The number of benzene rings is 2. The molecule has 1 amide bonds. The summed E-state index contributed by atoms with van der Waals surface area (Å²) in [6, 6.07) is 12.3. The molecule has 0 aliphatic carbocycles. The van der Waals surface area contributed by atoms with Crippen LogP contribution >= 0.6 is 0 Å². The number of carbonyl (C=O) groups excluding carboxylic acids is 1. The van der Waals surface area contributed by atoms with E-state index in [0.29, 0.717) is 22.7 Å². The quantitative estimate of drug-likeness (QED) is 0.850. The Morgan fingerprint density at radius 2 is 1.81 bits per heavy atom. The lowest BCUT2D eigenvalue weighted by Crippen LogP contribution is -2.24. The minimum atomic E-state index is -0.256. The number of carbonyl (C=O) groups is 1. The molecule has 138 valence electrons. The Morgan fingerprint density at radius 1 is 1.04 bits per heavy atom. The third-order valence-electron chi connectivity index (χ3n) is 4.17. The molecule has 26 heavy (non-hydrogen) atoms. The lowest BCUT2D eigenvalue weighted by molar-refractivity contribution is -0.105. The SMILES string of the molecule is COc1ccc(C(=O)Nc2ccc(OC3CCCCO3)cc2)c(OC)c1. The first-order valence-corrected chi connectivity index (χ1v) is 8.61. The summed E-state index contributed by atoms with van der Waals surface area (Å²) in [5.41, 5.74) is 1.11. The molecule has 1 saturated heterocycles. The standard InChI is InChI=1S/C20H23NO5/c1-23-16-10-11-17(18(13-16)24-2)20(22)21-14-6-8-15(9-7-14)26-19-5-3-4-12-25-19/h6-11,13,19H,3-5,12H2,1-2H3,(H,21,22). The van der Waals surface area contributed by atoms with Crippen LogP contribution in [0.2, 0.25) is 0 Å². The largest absolute Gasteiger partial charge is 0.497 e. The van der Waals surface area contributed by atoms with Crippen LogP contribution in [0, 0.1) is 0 Å². The van der Waals surface area contributed by atoms with Gasteiger partial charge in [0.15, 0.2) is 6.29 Å². The van der Waals surface area contributed by atoms with Gasteiger partial charge in [0.2, 0.25) is 0 Å². The van der Waals surface area contributed by atoms with Crippen LogP contribution in [0.15, 0.2) is 42.5 Å². The molecule has 6 nitrogen and oxygen atoms in total. The molecule has 1 heterocycles. The zero-order chi connectivity index (χ0) is 18.4. The average Bonchev–Trinajstić information content (AvgIpc) is 2.69. The lowest BCUT2D eigenvalue weighted by atomic mass is 10.1. The van der Waals surface area contributed by atoms with Gasteiger partial charge < -0.3 is 24.3 Å². The van der Waals surface area contributed by atoms with Crippen LogP contribution in [0.25, 0.3) is 0 Å². The number of anilines is 1. The highest BCUT2D eigenvalue weighted by Gasteiger charge is 2.16. The number of hydrogen-bond donors (Lipinski definition) is 1. The van der Waals surface area contributed by atoms with E-state index in [0.717, 1.165) is 31.6 Å². The van der Waals surface area contributed by atoms with E-state index in [1.807, 2.05) is 12.1 Å². The molecule has 0 bridgehead atoms. The zero-order valence-corrected chi connectivity index (χ0v) is 15.0. The predicted octanol–water partition coefficient (Wildman–Crippen LogP) is 3.86. The van der Waals surface area contributed by atoms with E-state index in [9.17, 15) is 4.79 Å². The summed E-state index contributed by atoms with van der Waals surface area (Å²) in [5, 5.41) is 2.85. The van der Waals surface area contributed by atoms with Crippen LogP contribution in [0.1, 0.15) is 29.6 Å². The summed E-state index contributed by atoms with van der Waals surface area (Å²) in [6.45, 7) is 0.739. The molecule has 1 unspecified atom stereocenters. The molecule has 1 aliphatic rings. The maximum atomic E-state index is 12.5. The molecule has 0 saturated carbocycles. The van der Waals surface area contributed by atoms with Gasteiger partial charge in [-0.15, -0.1) is 0 Å². The Kier molecular flexibility index (Phi) is 5.96. The summed E-state index contributed by atoms with van der Waals surface area (Å²) in [4.78, 5) is 12.5. The van der Waals surface area contributed by atoms with Gasteiger partial charge in [0.1, 0.15) is 17.2 Å². The summed E-state index contributed by atoms with van der Waals surface area (Å²) in [7, 11) is 3.08.